The van der Waals surface area contributed by atoms with Crippen LogP contribution >= 0.6 is 11.3 Å². The first-order valence-electron chi connectivity index (χ1n) is 6.17. The summed E-state index contributed by atoms with van der Waals surface area (Å²) in [6.07, 6.45) is 0. The fourth-order valence-corrected chi connectivity index (χ4v) is 2.40. The highest BCUT2D eigenvalue weighted by molar-refractivity contribution is 7.11. The van der Waals surface area contributed by atoms with Crippen molar-refractivity contribution in [1.82, 2.24) is 15.1 Å². The van der Waals surface area contributed by atoms with E-state index in [1.165, 1.54) is 9.75 Å². The van der Waals surface area contributed by atoms with Crippen molar-refractivity contribution in [3.63, 3.8) is 0 Å². The number of nitrogens with one attached hydrogen (secondary N) is 1. The topological polar surface area (TPSA) is 18.5 Å². The SMILES string of the molecule is Cc1ccc(CNCCN(C)CCN(C)C)s1. The highest BCUT2D eigenvalue weighted by Gasteiger charge is 1.99. The van der Waals surface area contributed by atoms with Gasteiger partial charge in [0.05, 0.1) is 0 Å². The van der Waals surface area contributed by atoms with E-state index in [9.17, 15) is 0 Å². The lowest BCUT2D eigenvalue weighted by Crippen LogP contribution is -2.33. The van der Waals surface area contributed by atoms with E-state index < -0.39 is 0 Å². The molecule has 0 amide bonds. The number of likely N-dealkylation sites (N-methyl/N-ethyl adjacent to an activating group) is 2. The van der Waals surface area contributed by atoms with Crippen LogP contribution in [0.1, 0.15) is 9.75 Å². The number of aryl methyl sites for hydroxylation is 1. The van der Waals surface area contributed by atoms with Gasteiger partial charge in [0.25, 0.3) is 0 Å². The molecule has 0 aliphatic rings. The van der Waals surface area contributed by atoms with Gasteiger partial charge >= 0.3 is 0 Å². The summed E-state index contributed by atoms with van der Waals surface area (Å²) in [5, 5.41) is 3.49. The molecule has 1 aromatic heterocycles. The van der Waals surface area contributed by atoms with Gasteiger partial charge in [0.1, 0.15) is 0 Å². The first-order chi connectivity index (χ1) is 8.08. The van der Waals surface area contributed by atoms with Crippen molar-refractivity contribution in [2.45, 2.75) is 13.5 Å². The van der Waals surface area contributed by atoms with Gasteiger partial charge in [-0.15, -0.1) is 11.3 Å². The van der Waals surface area contributed by atoms with E-state index in [-0.39, 0.29) is 0 Å². The number of thiophene rings is 1. The Bertz CT molecular complexity index is 309. The Kier molecular flexibility index (Phi) is 6.73. The maximum atomic E-state index is 3.49. The van der Waals surface area contributed by atoms with Crippen LogP contribution in [0.5, 0.6) is 0 Å². The van der Waals surface area contributed by atoms with Crippen LogP contribution in [0.3, 0.4) is 0 Å². The minimum absolute atomic E-state index is 1.00. The molecule has 1 heterocycles. The number of hydrogen-bond acceptors (Lipinski definition) is 4. The highest BCUT2D eigenvalue weighted by Crippen LogP contribution is 2.14. The van der Waals surface area contributed by atoms with Crippen molar-refractivity contribution in [2.24, 2.45) is 0 Å². The molecule has 0 spiro atoms. The molecule has 0 unspecified atom stereocenters. The van der Waals surface area contributed by atoms with Gasteiger partial charge in [-0.05, 0) is 40.2 Å². The van der Waals surface area contributed by atoms with Gasteiger partial charge in [0.2, 0.25) is 0 Å². The third kappa shape index (κ3) is 6.78. The normalized spacial score (nSPS) is 11.6. The summed E-state index contributed by atoms with van der Waals surface area (Å²) in [5.41, 5.74) is 0. The lowest BCUT2D eigenvalue weighted by Gasteiger charge is -2.19. The molecule has 0 saturated heterocycles. The fourth-order valence-electron chi connectivity index (χ4n) is 1.54. The monoisotopic (exact) mass is 255 g/mol. The summed E-state index contributed by atoms with van der Waals surface area (Å²) in [6.45, 7) is 7.58. The molecular weight excluding hydrogens is 230 g/mol. The minimum Gasteiger partial charge on any atom is -0.311 e. The lowest BCUT2D eigenvalue weighted by atomic mass is 10.4. The van der Waals surface area contributed by atoms with Crippen molar-refractivity contribution in [1.29, 1.82) is 0 Å². The smallest absolute Gasteiger partial charge is 0.0300 e. The second kappa shape index (κ2) is 7.82. The summed E-state index contributed by atoms with van der Waals surface area (Å²) in [6, 6.07) is 4.40. The van der Waals surface area contributed by atoms with Crippen LogP contribution in [0.25, 0.3) is 0 Å². The average molecular weight is 255 g/mol. The van der Waals surface area contributed by atoms with Crippen LogP contribution < -0.4 is 5.32 Å². The first kappa shape index (κ1) is 14.6. The molecule has 0 saturated carbocycles. The van der Waals surface area contributed by atoms with Gasteiger partial charge in [-0.1, -0.05) is 0 Å². The Labute approximate surface area is 109 Å². The standard InChI is InChI=1S/C13H25N3S/c1-12-5-6-13(17-12)11-14-7-8-16(4)10-9-15(2)3/h5-6,14H,7-11H2,1-4H3. The molecule has 0 aliphatic carbocycles. The molecule has 3 nitrogen and oxygen atoms in total. The van der Waals surface area contributed by atoms with Gasteiger partial charge in [0, 0.05) is 42.5 Å². The third-order valence-corrected chi connectivity index (χ3v) is 3.70. The zero-order valence-corrected chi connectivity index (χ0v) is 12.3. The third-order valence-electron chi connectivity index (χ3n) is 2.69. The van der Waals surface area contributed by atoms with Crippen LogP contribution in [-0.2, 0) is 6.54 Å². The van der Waals surface area contributed by atoms with Crippen molar-refractivity contribution in [2.75, 3.05) is 47.3 Å². The largest absolute Gasteiger partial charge is 0.311 e. The van der Waals surface area contributed by atoms with E-state index in [0.29, 0.717) is 0 Å². The predicted octanol–water partition coefficient (Wildman–Crippen LogP) is 1.64. The molecule has 1 N–H and O–H groups in total. The molecule has 17 heavy (non-hydrogen) atoms. The van der Waals surface area contributed by atoms with Crippen LogP contribution in [0.4, 0.5) is 0 Å². The Morgan fingerprint density at radius 1 is 1.12 bits per heavy atom. The fraction of sp³-hybridized carbons (Fsp3) is 0.692. The maximum absolute atomic E-state index is 3.49. The summed E-state index contributed by atoms with van der Waals surface area (Å²) in [7, 11) is 6.41. The number of hydrogen-bond donors (Lipinski definition) is 1. The molecule has 4 heteroatoms. The molecule has 0 fully saturated rings. The van der Waals surface area contributed by atoms with E-state index in [1.54, 1.807) is 0 Å². The van der Waals surface area contributed by atoms with Gasteiger partial charge in [-0.3, -0.25) is 0 Å². The Balaban J connectivity index is 2.03. The van der Waals surface area contributed by atoms with E-state index in [2.05, 4.69) is 55.3 Å². The first-order valence-corrected chi connectivity index (χ1v) is 6.99. The van der Waals surface area contributed by atoms with Crippen molar-refractivity contribution < 1.29 is 0 Å². The zero-order chi connectivity index (χ0) is 12.7. The molecule has 0 radical (unpaired) electrons. The maximum Gasteiger partial charge on any atom is 0.0300 e. The van der Waals surface area contributed by atoms with E-state index in [0.717, 1.165) is 32.7 Å². The van der Waals surface area contributed by atoms with Crippen molar-refractivity contribution >= 4 is 11.3 Å². The van der Waals surface area contributed by atoms with E-state index in [4.69, 9.17) is 0 Å². The van der Waals surface area contributed by atoms with Crippen molar-refractivity contribution in [3.8, 4) is 0 Å². The molecule has 1 rings (SSSR count). The Morgan fingerprint density at radius 2 is 1.88 bits per heavy atom. The second-order valence-corrected chi connectivity index (χ2v) is 6.17. The Hall–Kier alpha value is -0.420. The second-order valence-electron chi connectivity index (χ2n) is 4.80. The van der Waals surface area contributed by atoms with Gasteiger partial charge in [-0.25, -0.2) is 0 Å². The molecule has 0 atom stereocenters. The van der Waals surface area contributed by atoms with Gasteiger partial charge < -0.3 is 15.1 Å². The zero-order valence-electron chi connectivity index (χ0n) is 11.5. The summed E-state index contributed by atoms with van der Waals surface area (Å²) in [5.74, 6) is 0. The summed E-state index contributed by atoms with van der Waals surface area (Å²) < 4.78 is 0. The molecule has 0 aromatic carbocycles. The molecular formula is C13H25N3S. The molecule has 0 aliphatic heterocycles. The van der Waals surface area contributed by atoms with Crippen LogP contribution in [-0.4, -0.2) is 57.1 Å². The average Bonchev–Trinajstić information content (AvgIpc) is 2.68. The minimum atomic E-state index is 1.00. The van der Waals surface area contributed by atoms with Gasteiger partial charge in [-0.2, -0.15) is 0 Å². The van der Waals surface area contributed by atoms with Crippen LogP contribution in [0.2, 0.25) is 0 Å². The summed E-state index contributed by atoms with van der Waals surface area (Å²) in [4.78, 5) is 7.41. The predicted molar refractivity (Wildman–Crippen MR) is 76.8 cm³/mol. The van der Waals surface area contributed by atoms with E-state index in [1.807, 2.05) is 11.3 Å². The number of nitrogens with zero attached hydrogens (tertiary/aromatic N) is 2. The molecule has 1 aromatic rings. The number of rotatable bonds is 8. The van der Waals surface area contributed by atoms with E-state index >= 15 is 0 Å². The highest BCUT2D eigenvalue weighted by atomic mass is 32.1. The molecule has 0 bridgehead atoms. The Morgan fingerprint density at radius 3 is 2.47 bits per heavy atom. The lowest BCUT2D eigenvalue weighted by molar-refractivity contribution is 0.281. The van der Waals surface area contributed by atoms with Crippen molar-refractivity contribution in [3.05, 3.63) is 21.9 Å². The summed E-state index contributed by atoms with van der Waals surface area (Å²) >= 11 is 1.88. The quantitative estimate of drug-likeness (QED) is 0.713. The van der Waals surface area contributed by atoms with Gasteiger partial charge in [0.15, 0.2) is 0 Å². The molecule has 98 valence electrons. The van der Waals surface area contributed by atoms with Crippen LogP contribution in [0.15, 0.2) is 12.1 Å². The van der Waals surface area contributed by atoms with Crippen LogP contribution in [0, 0.1) is 6.92 Å².